The summed E-state index contributed by atoms with van der Waals surface area (Å²) in [7, 11) is 1.50. The van der Waals surface area contributed by atoms with Gasteiger partial charge in [0.1, 0.15) is 0 Å². The number of carbonyl (C=O) groups excluding carboxylic acids is 1. The largest absolute Gasteiger partial charge is 0.372 e. The first-order valence-corrected chi connectivity index (χ1v) is 3.15. The summed E-state index contributed by atoms with van der Waals surface area (Å²) in [5, 5.41) is 0. The van der Waals surface area contributed by atoms with Crippen LogP contribution in [-0.4, -0.2) is 13.5 Å². The Morgan fingerprint density at radius 3 is 1.09 bits per heavy atom. The van der Waals surface area contributed by atoms with Crippen molar-refractivity contribution in [3.05, 3.63) is 36.4 Å². The Kier molecular flexibility index (Phi) is 17.8. The van der Waals surface area contributed by atoms with E-state index < -0.39 is 0 Å². The molecular formula is C8H14N2O. The molecule has 1 aromatic rings. The number of primary amides is 1. The van der Waals surface area contributed by atoms with Gasteiger partial charge in [0.25, 0.3) is 0 Å². The van der Waals surface area contributed by atoms with E-state index in [9.17, 15) is 0 Å². The van der Waals surface area contributed by atoms with Crippen LogP contribution >= 0.6 is 0 Å². The van der Waals surface area contributed by atoms with Crippen LogP contribution < -0.4 is 11.5 Å². The first-order chi connectivity index (χ1) is 5.41. The summed E-state index contributed by atoms with van der Waals surface area (Å²) in [4.78, 5) is 8.58. The molecule has 0 aromatic heterocycles. The monoisotopic (exact) mass is 154 g/mol. The van der Waals surface area contributed by atoms with Gasteiger partial charge in [-0.05, 0) is 7.05 Å². The summed E-state index contributed by atoms with van der Waals surface area (Å²) in [5.41, 5.74) is 8.67. The number of hydrogen-bond donors (Lipinski definition) is 2. The normalized spacial score (nSPS) is 6.00. The Hall–Kier alpha value is -1.35. The van der Waals surface area contributed by atoms with Gasteiger partial charge in [-0.2, -0.15) is 0 Å². The van der Waals surface area contributed by atoms with Gasteiger partial charge in [0, 0.05) is 0 Å². The van der Waals surface area contributed by atoms with Crippen molar-refractivity contribution in [3.63, 3.8) is 0 Å². The van der Waals surface area contributed by atoms with E-state index in [4.69, 9.17) is 4.79 Å². The fraction of sp³-hybridized carbons (Fsp3) is 0.125. The molecule has 1 aromatic carbocycles. The van der Waals surface area contributed by atoms with Gasteiger partial charge in [0.15, 0.2) is 0 Å². The summed E-state index contributed by atoms with van der Waals surface area (Å²) in [6.45, 7) is 0. The molecule has 0 aliphatic carbocycles. The van der Waals surface area contributed by atoms with Crippen LogP contribution in [0.15, 0.2) is 36.4 Å². The van der Waals surface area contributed by atoms with Gasteiger partial charge in [0.2, 0.25) is 6.41 Å². The minimum atomic E-state index is 0.250. The Morgan fingerprint density at radius 2 is 1.00 bits per heavy atom. The maximum Gasteiger partial charge on any atom is 0.204 e. The van der Waals surface area contributed by atoms with Crippen LogP contribution in [0.1, 0.15) is 0 Å². The molecule has 0 unspecified atom stereocenters. The van der Waals surface area contributed by atoms with Gasteiger partial charge >= 0.3 is 0 Å². The lowest BCUT2D eigenvalue weighted by Gasteiger charge is -1.69. The second kappa shape index (κ2) is 15.9. The number of benzene rings is 1. The van der Waals surface area contributed by atoms with Crippen molar-refractivity contribution in [1.82, 2.24) is 0 Å². The lowest BCUT2D eigenvalue weighted by Crippen LogP contribution is -1.82. The second-order valence-corrected chi connectivity index (χ2v) is 1.29. The Morgan fingerprint density at radius 1 is 0.909 bits per heavy atom. The van der Waals surface area contributed by atoms with E-state index in [2.05, 4.69) is 11.5 Å². The van der Waals surface area contributed by atoms with Gasteiger partial charge in [0.05, 0.1) is 0 Å². The van der Waals surface area contributed by atoms with Crippen LogP contribution in [0.4, 0.5) is 0 Å². The fourth-order valence-electron chi connectivity index (χ4n) is 0.385. The van der Waals surface area contributed by atoms with E-state index in [0.29, 0.717) is 0 Å². The van der Waals surface area contributed by atoms with Crippen molar-refractivity contribution in [1.29, 1.82) is 0 Å². The highest BCUT2D eigenvalue weighted by atomic mass is 16.1. The van der Waals surface area contributed by atoms with Crippen molar-refractivity contribution in [3.8, 4) is 0 Å². The minimum absolute atomic E-state index is 0.250. The lowest BCUT2D eigenvalue weighted by molar-refractivity contribution is -0.106. The molecule has 62 valence electrons. The number of rotatable bonds is 0. The van der Waals surface area contributed by atoms with Gasteiger partial charge in [-0.3, -0.25) is 4.79 Å². The summed E-state index contributed by atoms with van der Waals surface area (Å²) >= 11 is 0. The van der Waals surface area contributed by atoms with Crippen LogP contribution in [0.3, 0.4) is 0 Å². The standard InChI is InChI=1S/C6H6.CH3NO.CH5N/c1-2-4-6-5-3-1;2-1-3;1-2/h1-6H;1H,(H2,2,3);2H2,1H3. The molecule has 0 saturated heterocycles. The molecule has 0 atom stereocenters. The predicted octanol–water partition coefficient (Wildman–Crippen LogP) is 0.363. The molecule has 3 heteroatoms. The minimum Gasteiger partial charge on any atom is -0.372 e. The maximum atomic E-state index is 8.58. The average molecular weight is 154 g/mol. The number of carbonyl (C=O) groups is 1. The summed E-state index contributed by atoms with van der Waals surface area (Å²) < 4.78 is 0. The summed E-state index contributed by atoms with van der Waals surface area (Å²) in [6.07, 6.45) is 0.250. The Balaban J connectivity index is 0. The van der Waals surface area contributed by atoms with Crippen LogP contribution in [0.25, 0.3) is 0 Å². The molecule has 0 aliphatic rings. The summed E-state index contributed by atoms with van der Waals surface area (Å²) in [6, 6.07) is 12.0. The predicted molar refractivity (Wildman–Crippen MR) is 46.8 cm³/mol. The maximum absolute atomic E-state index is 8.58. The molecule has 0 saturated carbocycles. The van der Waals surface area contributed by atoms with Gasteiger partial charge in [-0.1, -0.05) is 36.4 Å². The van der Waals surface area contributed by atoms with Gasteiger partial charge in [-0.15, -0.1) is 0 Å². The van der Waals surface area contributed by atoms with E-state index in [1.807, 2.05) is 36.4 Å². The molecule has 0 heterocycles. The molecule has 3 nitrogen and oxygen atoms in total. The third kappa shape index (κ3) is 17.7. The van der Waals surface area contributed by atoms with E-state index >= 15 is 0 Å². The molecule has 0 bridgehead atoms. The first-order valence-electron chi connectivity index (χ1n) is 3.15. The van der Waals surface area contributed by atoms with Gasteiger partial charge < -0.3 is 11.5 Å². The molecule has 4 N–H and O–H groups in total. The molecular weight excluding hydrogens is 140 g/mol. The average Bonchev–Trinajstić information content (AvgIpc) is 2.12. The summed E-state index contributed by atoms with van der Waals surface area (Å²) in [5.74, 6) is 0. The van der Waals surface area contributed by atoms with Crippen LogP contribution in [0, 0.1) is 0 Å². The second-order valence-electron chi connectivity index (χ2n) is 1.29. The fourth-order valence-corrected chi connectivity index (χ4v) is 0.385. The zero-order valence-corrected chi connectivity index (χ0v) is 6.60. The molecule has 1 rings (SSSR count). The van der Waals surface area contributed by atoms with E-state index in [1.54, 1.807) is 0 Å². The number of nitrogens with two attached hydrogens (primary N) is 2. The van der Waals surface area contributed by atoms with Crippen molar-refractivity contribution < 1.29 is 4.79 Å². The highest BCUT2D eigenvalue weighted by molar-refractivity contribution is 5.42. The van der Waals surface area contributed by atoms with Crippen LogP contribution in [0.2, 0.25) is 0 Å². The van der Waals surface area contributed by atoms with Gasteiger partial charge in [-0.25, -0.2) is 0 Å². The third-order valence-corrected chi connectivity index (χ3v) is 0.667. The third-order valence-electron chi connectivity index (χ3n) is 0.667. The highest BCUT2D eigenvalue weighted by Crippen LogP contribution is 1.79. The van der Waals surface area contributed by atoms with E-state index in [-0.39, 0.29) is 6.41 Å². The zero-order chi connectivity index (χ0) is 8.95. The van der Waals surface area contributed by atoms with Crippen LogP contribution in [-0.2, 0) is 4.79 Å². The zero-order valence-electron chi connectivity index (χ0n) is 6.60. The molecule has 0 aliphatic heterocycles. The number of amides is 1. The molecule has 0 radical (unpaired) electrons. The Labute approximate surface area is 67.0 Å². The quantitative estimate of drug-likeness (QED) is 0.530. The smallest absolute Gasteiger partial charge is 0.204 e. The molecule has 1 amide bonds. The molecule has 0 fully saturated rings. The SMILES string of the molecule is CN.NC=O.c1ccccc1. The van der Waals surface area contributed by atoms with Crippen LogP contribution in [0.5, 0.6) is 0 Å². The molecule has 11 heavy (non-hydrogen) atoms. The number of hydrogen-bond acceptors (Lipinski definition) is 2. The lowest BCUT2D eigenvalue weighted by atomic mass is 10.4. The van der Waals surface area contributed by atoms with E-state index in [0.717, 1.165) is 0 Å². The van der Waals surface area contributed by atoms with Crippen molar-refractivity contribution in [2.75, 3.05) is 7.05 Å². The highest BCUT2D eigenvalue weighted by Gasteiger charge is 1.57. The Bertz CT molecular complexity index is 115. The van der Waals surface area contributed by atoms with Crippen molar-refractivity contribution in [2.45, 2.75) is 0 Å². The van der Waals surface area contributed by atoms with Crippen molar-refractivity contribution in [2.24, 2.45) is 11.5 Å². The van der Waals surface area contributed by atoms with Crippen molar-refractivity contribution >= 4 is 6.41 Å². The first kappa shape index (κ1) is 12.3. The van der Waals surface area contributed by atoms with E-state index in [1.165, 1.54) is 7.05 Å². The topological polar surface area (TPSA) is 69.1 Å². The molecule has 0 spiro atoms.